The number of amides is 1. The second-order valence-electron chi connectivity index (χ2n) is 7.86. The fraction of sp³-hybridized carbons (Fsp3) is 0.261. The van der Waals surface area contributed by atoms with Crippen LogP contribution in [0.4, 0.5) is 0 Å². The normalized spacial score (nSPS) is 14.7. The van der Waals surface area contributed by atoms with Crippen molar-refractivity contribution in [3.63, 3.8) is 0 Å². The SMILES string of the molecule is COC1CN(Cc2cc3ccc(CNC(=O)c4cc(=O)n5ccccc5n4)cc3[nH]2)C1. The van der Waals surface area contributed by atoms with Crippen LogP contribution in [0.15, 0.2) is 59.5 Å². The number of hydrogen-bond acceptors (Lipinski definition) is 5. The molecule has 0 spiro atoms. The molecule has 1 saturated heterocycles. The standard InChI is InChI=1S/C23H23N5O3/c1-31-18-13-27(14-18)12-17-9-16-6-5-15(8-19(16)25-17)11-24-23(30)20-10-22(29)28-7-3-2-4-21(28)26-20/h2-10,18,25H,11-14H2,1H3,(H,24,30). The van der Waals surface area contributed by atoms with Gasteiger partial charge in [-0.1, -0.05) is 18.2 Å². The first-order chi connectivity index (χ1) is 15.1. The average molecular weight is 417 g/mol. The highest BCUT2D eigenvalue weighted by Crippen LogP contribution is 2.21. The van der Waals surface area contributed by atoms with E-state index in [1.807, 2.05) is 18.2 Å². The van der Waals surface area contributed by atoms with Crippen LogP contribution in [-0.2, 0) is 17.8 Å². The van der Waals surface area contributed by atoms with Crippen LogP contribution in [0.2, 0.25) is 0 Å². The minimum atomic E-state index is -0.374. The Morgan fingerprint density at radius 1 is 1.23 bits per heavy atom. The van der Waals surface area contributed by atoms with Crippen molar-refractivity contribution in [3.8, 4) is 0 Å². The molecule has 0 unspecified atom stereocenters. The van der Waals surface area contributed by atoms with Gasteiger partial charge in [0.25, 0.3) is 11.5 Å². The van der Waals surface area contributed by atoms with E-state index >= 15 is 0 Å². The Hall–Kier alpha value is -3.49. The van der Waals surface area contributed by atoms with Gasteiger partial charge in [-0.2, -0.15) is 0 Å². The molecule has 1 aromatic carbocycles. The quantitative estimate of drug-likeness (QED) is 0.500. The third-order valence-electron chi connectivity index (χ3n) is 5.65. The molecule has 8 nitrogen and oxygen atoms in total. The summed E-state index contributed by atoms with van der Waals surface area (Å²) in [5, 5.41) is 3.99. The second-order valence-corrected chi connectivity index (χ2v) is 7.86. The van der Waals surface area contributed by atoms with Crippen molar-refractivity contribution in [3.05, 3.63) is 82.0 Å². The maximum Gasteiger partial charge on any atom is 0.270 e. The van der Waals surface area contributed by atoms with Crippen molar-refractivity contribution in [1.82, 2.24) is 24.6 Å². The lowest BCUT2D eigenvalue weighted by atomic mass is 10.1. The van der Waals surface area contributed by atoms with Gasteiger partial charge in [-0.25, -0.2) is 4.98 Å². The smallest absolute Gasteiger partial charge is 0.270 e. The minimum Gasteiger partial charge on any atom is -0.379 e. The number of methoxy groups -OCH3 is 1. The van der Waals surface area contributed by atoms with Crippen molar-refractivity contribution < 1.29 is 9.53 Å². The number of ether oxygens (including phenoxy) is 1. The van der Waals surface area contributed by atoms with E-state index in [0.29, 0.717) is 18.3 Å². The van der Waals surface area contributed by atoms with Gasteiger partial charge in [0.1, 0.15) is 11.3 Å². The van der Waals surface area contributed by atoms with Crippen molar-refractivity contribution in [2.45, 2.75) is 19.2 Å². The fourth-order valence-corrected chi connectivity index (χ4v) is 3.91. The lowest BCUT2D eigenvalue weighted by molar-refractivity contribution is -0.0338. The molecular formula is C23H23N5O3. The Kier molecular flexibility index (Phi) is 5.01. The average Bonchev–Trinajstić information content (AvgIpc) is 3.16. The lowest BCUT2D eigenvalue weighted by Crippen LogP contribution is -2.50. The van der Waals surface area contributed by atoms with Gasteiger partial charge in [0, 0.05) is 56.8 Å². The Morgan fingerprint density at radius 2 is 2.10 bits per heavy atom. The Balaban J connectivity index is 1.26. The summed E-state index contributed by atoms with van der Waals surface area (Å²) in [6, 6.07) is 14.7. The number of nitrogens with zero attached hydrogens (tertiary/aromatic N) is 3. The van der Waals surface area contributed by atoms with Crippen molar-refractivity contribution in [2.24, 2.45) is 0 Å². The summed E-state index contributed by atoms with van der Waals surface area (Å²) in [6.45, 7) is 3.12. The van der Waals surface area contributed by atoms with E-state index in [1.54, 1.807) is 31.5 Å². The van der Waals surface area contributed by atoms with E-state index < -0.39 is 0 Å². The molecule has 0 atom stereocenters. The molecule has 1 aliphatic rings. The number of carbonyl (C=O) groups excluding carboxylic acids is 1. The van der Waals surface area contributed by atoms with E-state index in [2.05, 4.69) is 26.3 Å². The molecular weight excluding hydrogens is 394 g/mol. The number of aromatic amines is 1. The van der Waals surface area contributed by atoms with E-state index in [1.165, 1.54) is 10.5 Å². The van der Waals surface area contributed by atoms with Crippen LogP contribution in [0.5, 0.6) is 0 Å². The maximum absolute atomic E-state index is 12.5. The van der Waals surface area contributed by atoms with Crippen LogP contribution < -0.4 is 10.9 Å². The third kappa shape index (κ3) is 3.95. The van der Waals surface area contributed by atoms with Gasteiger partial charge in [-0.05, 0) is 35.2 Å². The molecule has 1 fully saturated rings. The van der Waals surface area contributed by atoms with Crippen LogP contribution in [0.25, 0.3) is 16.6 Å². The number of likely N-dealkylation sites (tertiary alicyclic amines) is 1. The van der Waals surface area contributed by atoms with Crippen LogP contribution in [0.3, 0.4) is 0 Å². The predicted molar refractivity (Wildman–Crippen MR) is 117 cm³/mol. The number of pyridine rings is 1. The molecule has 158 valence electrons. The summed E-state index contributed by atoms with van der Waals surface area (Å²) < 4.78 is 6.73. The summed E-state index contributed by atoms with van der Waals surface area (Å²) in [7, 11) is 1.75. The van der Waals surface area contributed by atoms with Gasteiger partial charge in [0.2, 0.25) is 0 Å². The molecule has 2 N–H and O–H groups in total. The Labute approximate surface area is 178 Å². The van der Waals surface area contributed by atoms with Crippen LogP contribution in [0.1, 0.15) is 21.7 Å². The van der Waals surface area contributed by atoms with Gasteiger partial charge in [0.15, 0.2) is 0 Å². The molecule has 0 aliphatic carbocycles. The minimum absolute atomic E-state index is 0.114. The zero-order chi connectivity index (χ0) is 21.4. The molecule has 0 bridgehead atoms. The van der Waals surface area contributed by atoms with Crippen molar-refractivity contribution >= 4 is 22.5 Å². The molecule has 4 heterocycles. The Bertz CT molecular complexity index is 1320. The highest BCUT2D eigenvalue weighted by atomic mass is 16.5. The molecule has 4 aromatic rings. The first-order valence-corrected chi connectivity index (χ1v) is 10.2. The van der Waals surface area contributed by atoms with E-state index in [4.69, 9.17) is 4.74 Å². The molecule has 8 heteroatoms. The predicted octanol–water partition coefficient (Wildman–Crippen LogP) is 1.94. The zero-order valence-corrected chi connectivity index (χ0v) is 17.2. The Morgan fingerprint density at radius 3 is 2.94 bits per heavy atom. The van der Waals surface area contributed by atoms with Gasteiger partial charge in [0.05, 0.1) is 6.10 Å². The van der Waals surface area contributed by atoms with E-state index in [-0.39, 0.29) is 17.2 Å². The zero-order valence-electron chi connectivity index (χ0n) is 17.2. The lowest BCUT2D eigenvalue weighted by Gasteiger charge is -2.37. The molecule has 0 saturated carbocycles. The first kappa shape index (κ1) is 19.5. The number of rotatable bonds is 6. The van der Waals surface area contributed by atoms with Gasteiger partial charge < -0.3 is 15.0 Å². The summed E-state index contributed by atoms with van der Waals surface area (Å²) in [4.78, 5) is 34.8. The third-order valence-corrected chi connectivity index (χ3v) is 5.65. The summed E-state index contributed by atoms with van der Waals surface area (Å²) in [6.07, 6.45) is 1.97. The molecule has 1 amide bonds. The largest absolute Gasteiger partial charge is 0.379 e. The topological polar surface area (TPSA) is 91.7 Å². The molecule has 1 aliphatic heterocycles. The number of benzene rings is 1. The van der Waals surface area contributed by atoms with Crippen molar-refractivity contribution in [2.75, 3.05) is 20.2 Å². The number of nitrogens with one attached hydrogen (secondary N) is 2. The number of aromatic nitrogens is 3. The highest BCUT2D eigenvalue weighted by Gasteiger charge is 2.26. The molecule has 0 radical (unpaired) electrons. The molecule has 31 heavy (non-hydrogen) atoms. The second kappa shape index (κ2) is 7.98. The summed E-state index contributed by atoms with van der Waals surface area (Å²) in [5.41, 5.74) is 3.44. The van der Waals surface area contributed by atoms with Crippen LogP contribution in [0, 0.1) is 0 Å². The van der Waals surface area contributed by atoms with Gasteiger partial charge in [-0.3, -0.25) is 18.9 Å². The van der Waals surface area contributed by atoms with Crippen molar-refractivity contribution in [1.29, 1.82) is 0 Å². The van der Waals surface area contributed by atoms with Gasteiger partial charge in [-0.15, -0.1) is 0 Å². The van der Waals surface area contributed by atoms with E-state index in [9.17, 15) is 9.59 Å². The number of fused-ring (bicyclic) bond motifs is 2. The summed E-state index contributed by atoms with van der Waals surface area (Å²) in [5.74, 6) is -0.374. The number of hydrogen-bond donors (Lipinski definition) is 2. The molecule has 5 rings (SSSR count). The maximum atomic E-state index is 12.5. The fourth-order valence-electron chi connectivity index (χ4n) is 3.91. The number of H-pyrrole nitrogens is 1. The van der Waals surface area contributed by atoms with Crippen LogP contribution >= 0.6 is 0 Å². The summed E-state index contributed by atoms with van der Waals surface area (Å²) >= 11 is 0. The van der Waals surface area contributed by atoms with E-state index in [0.717, 1.165) is 41.8 Å². The highest BCUT2D eigenvalue weighted by molar-refractivity contribution is 5.92. The molecule has 3 aromatic heterocycles. The first-order valence-electron chi connectivity index (χ1n) is 10.2. The van der Waals surface area contributed by atoms with Gasteiger partial charge >= 0.3 is 0 Å². The van der Waals surface area contributed by atoms with Crippen LogP contribution in [-0.4, -0.2) is 51.5 Å². The number of carbonyl (C=O) groups is 1. The monoisotopic (exact) mass is 417 g/mol.